The maximum Gasteiger partial charge on any atom is 0.0650 e. The van der Waals surface area contributed by atoms with Crippen LogP contribution in [0.3, 0.4) is 0 Å². The Labute approximate surface area is 113 Å². The number of nitrogens with zero attached hydrogens (tertiary/aromatic N) is 1. The van der Waals surface area contributed by atoms with Gasteiger partial charge in [0.2, 0.25) is 0 Å². The SMILES string of the molecule is CCCC(CCC(C)CC)c1cc(C(C)C)n[nH]1. The molecule has 1 heterocycles. The number of rotatable bonds is 8. The molecule has 18 heavy (non-hydrogen) atoms. The van der Waals surface area contributed by atoms with Crippen LogP contribution >= 0.6 is 0 Å². The van der Waals surface area contributed by atoms with E-state index in [9.17, 15) is 0 Å². The van der Waals surface area contributed by atoms with E-state index >= 15 is 0 Å². The Morgan fingerprint density at radius 2 is 1.83 bits per heavy atom. The molecule has 0 aliphatic rings. The van der Waals surface area contributed by atoms with Crippen molar-refractivity contribution in [1.82, 2.24) is 10.2 Å². The molecule has 1 aromatic heterocycles. The fraction of sp³-hybridized carbons (Fsp3) is 0.812. The minimum Gasteiger partial charge on any atom is -0.282 e. The minimum absolute atomic E-state index is 0.520. The summed E-state index contributed by atoms with van der Waals surface area (Å²) in [7, 11) is 0. The van der Waals surface area contributed by atoms with Gasteiger partial charge < -0.3 is 0 Å². The third kappa shape index (κ3) is 4.47. The zero-order valence-electron chi connectivity index (χ0n) is 12.8. The molecule has 0 saturated heterocycles. The van der Waals surface area contributed by atoms with E-state index in [0.29, 0.717) is 11.8 Å². The van der Waals surface area contributed by atoms with Crippen molar-refractivity contribution in [3.05, 3.63) is 17.5 Å². The van der Waals surface area contributed by atoms with Crippen LogP contribution in [-0.4, -0.2) is 10.2 Å². The highest BCUT2D eigenvalue weighted by molar-refractivity contribution is 5.15. The number of hydrogen-bond donors (Lipinski definition) is 1. The normalized spacial score (nSPS) is 15.0. The molecule has 0 fully saturated rings. The van der Waals surface area contributed by atoms with Gasteiger partial charge in [-0.2, -0.15) is 5.10 Å². The molecule has 0 aliphatic heterocycles. The predicted molar refractivity (Wildman–Crippen MR) is 79.0 cm³/mol. The number of nitrogens with one attached hydrogen (secondary N) is 1. The number of hydrogen-bond acceptors (Lipinski definition) is 1. The molecule has 2 heteroatoms. The van der Waals surface area contributed by atoms with Gasteiger partial charge in [-0.3, -0.25) is 5.10 Å². The van der Waals surface area contributed by atoms with Crippen LogP contribution in [-0.2, 0) is 0 Å². The Morgan fingerprint density at radius 1 is 1.11 bits per heavy atom. The molecule has 0 bridgehead atoms. The number of aromatic amines is 1. The van der Waals surface area contributed by atoms with Crippen molar-refractivity contribution in [3.63, 3.8) is 0 Å². The molecule has 0 aromatic carbocycles. The van der Waals surface area contributed by atoms with E-state index < -0.39 is 0 Å². The molecule has 104 valence electrons. The van der Waals surface area contributed by atoms with Gasteiger partial charge >= 0.3 is 0 Å². The molecule has 1 aromatic rings. The Hall–Kier alpha value is -0.790. The van der Waals surface area contributed by atoms with Gasteiger partial charge in [0.15, 0.2) is 0 Å². The molecular weight excluding hydrogens is 220 g/mol. The maximum atomic E-state index is 4.44. The van der Waals surface area contributed by atoms with Crippen molar-refractivity contribution in [2.45, 2.75) is 78.6 Å². The van der Waals surface area contributed by atoms with Crippen molar-refractivity contribution in [2.24, 2.45) is 5.92 Å². The Kier molecular flexibility index (Phi) is 6.45. The van der Waals surface area contributed by atoms with Gasteiger partial charge in [0, 0.05) is 11.6 Å². The van der Waals surface area contributed by atoms with Crippen molar-refractivity contribution < 1.29 is 0 Å². The summed E-state index contributed by atoms with van der Waals surface area (Å²) in [5.41, 5.74) is 2.55. The van der Waals surface area contributed by atoms with E-state index in [1.54, 1.807) is 0 Å². The maximum absolute atomic E-state index is 4.44. The van der Waals surface area contributed by atoms with Crippen molar-refractivity contribution in [1.29, 1.82) is 0 Å². The third-order valence-electron chi connectivity index (χ3n) is 3.99. The second kappa shape index (κ2) is 7.60. The monoisotopic (exact) mass is 250 g/mol. The first-order valence-electron chi connectivity index (χ1n) is 7.63. The van der Waals surface area contributed by atoms with Crippen LogP contribution in [0.2, 0.25) is 0 Å². The highest BCUT2D eigenvalue weighted by atomic mass is 15.1. The van der Waals surface area contributed by atoms with Crippen LogP contribution in [0.15, 0.2) is 6.07 Å². The fourth-order valence-corrected chi connectivity index (χ4v) is 2.35. The minimum atomic E-state index is 0.520. The van der Waals surface area contributed by atoms with E-state index in [2.05, 4.69) is 50.9 Å². The summed E-state index contributed by atoms with van der Waals surface area (Å²) in [6.45, 7) is 11.3. The molecule has 0 radical (unpaired) electrons. The highest BCUT2D eigenvalue weighted by Crippen LogP contribution is 2.28. The van der Waals surface area contributed by atoms with Gasteiger partial charge in [0.1, 0.15) is 0 Å². The zero-order valence-corrected chi connectivity index (χ0v) is 12.8. The van der Waals surface area contributed by atoms with Gasteiger partial charge in [-0.1, -0.05) is 53.9 Å². The van der Waals surface area contributed by atoms with Crippen LogP contribution < -0.4 is 0 Å². The van der Waals surface area contributed by atoms with E-state index in [0.717, 1.165) is 5.92 Å². The lowest BCUT2D eigenvalue weighted by Crippen LogP contribution is -2.02. The van der Waals surface area contributed by atoms with E-state index in [1.165, 1.54) is 43.5 Å². The molecule has 1 N–H and O–H groups in total. The molecule has 0 spiro atoms. The van der Waals surface area contributed by atoms with Gasteiger partial charge in [-0.15, -0.1) is 0 Å². The summed E-state index contributed by atoms with van der Waals surface area (Å²) in [5, 5.41) is 7.70. The molecule has 0 aliphatic carbocycles. The Morgan fingerprint density at radius 3 is 2.33 bits per heavy atom. The second-order valence-electron chi connectivity index (χ2n) is 5.98. The summed E-state index contributed by atoms with van der Waals surface area (Å²) in [6.07, 6.45) is 6.44. The average Bonchev–Trinajstić information content (AvgIpc) is 2.83. The van der Waals surface area contributed by atoms with Crippen LogP contribution in [0.4, 0.5) is 0 Å². The topological polar surface area (TPSA) is 28.7 Å². The first-order valence-corrected chi connectivity index (χ1v) is 7.63. The highest BCUT2D eigenvalue weighted by Gasteiger charge is 2.15. The standard InChI is InChI=1S/C16H30N2/c1-6-8-14(10-9-13(5)7-2)16-11-15(12(3)4)17-18-16/h11-14H,6-10H2,1-5H3,(H,17,18). The summed E-state index contributed by atoms with van der Waals surface area (Å²) in [4.78, 5) is 0. The molecule has 0 saturated carbocycles. The van der Waals surface area contributed by atoms with Crippen LogP contribution in [0.25, 0.3) is 0 Å². The molecular formula is C16H30N2. The molecule has 2 nitrogen and oxygen atoms in total. The van der Waals surface area contributed by atoms with E-state index in [1.807, 2.05) is 0 Å². The molecule has 0 amide bonds. The summed E-state index contributed by atoms with van der Waals surface area (Å²) < 4.78 is 0. The Balaban J connectivity index is 2.64. The van der Waals surface area contributed by atoms with E-state index in [4.69, 9.17) is 0 Å². The van der Waals surface area contributed by atoms with Crippen molar-refractivity contribution >= 4 is 0 Å². The molecule has 2 unspecified atom stereocenters. The smallest absolute Gasteiger partial charge is 0.0650 e. The van der Waals surface area contributed by atoms with Gasteiger partial charge in [-0.25, -0.2) is 0 Å². The van der Waals surface area contributed by atoms with Gasteiger partial charge in [0.05, 0.1) is 5.69 Å². The molecule has 1 rings (SSSR count). The Bertz CT molecular complexity index is 328. The van der Waals surface area contributed by atoms with Crippen LogP contribution in [0.5, 0.6) is 0 Å². The van der Waals surface area contributed by atoms with E-state index in [-0.39, 0.29) is 0 Å². The quantitative estimate of drug-likeness (QED) is 0.671. The summed E-state index contributed by atoms with van der Waals surface area (Å²) in [5.74, 6) is 2.03. The van der Waals surface area contributed by atoms with Gasteiger partial charge in [-0.05, 0) is 30.7 Å². The van der Waals surface area contributed by atoms with Crippen molar-refractivity contribution in [2.75, 3.05) is 0 Å². The fourth-order valence-electron chi connectivity index (χ4n) is 2.35. The first kappa shape index (κ1) is 15.3. The third-order valence-corrected chi connectivity index (χ3v) is 3.99. The average molecular weight is 250 g/mol. The second-order valence-corrected chi connectivity index (χ2v) is 5.98. The van der Waals surface area contributed by atoms with Gasteiger partial charge in [0.25, 0.3) is 0 Å². The van der Waals surface area contributed by atoms with Crippen LogP contribution in [0.1, 0.15) is 89.9 Å². The summed E-state index contributed by atoms with van der Waals surface area (Å²) >= 11 is 0. The number of H-pyrrole nitrogens is 1. The lowest BCUT2D eigenvalue weighted by atomic mass is 9.90. The lowest BCUT2D eigenvalue weighted by Gasteiger charge is -2.16. The molecule has 2 atom stereocenters. The largest absolute Gasteiger partial charge is 0.282 e. The summed E-state index contributed by atoms with van der Waals surface area (Å²) in [6, 6.07) is 2.28. The van der Waals surface area contributed by atoms with Crippen LogP contribution in [0, 0.1) is 5.92 Å². The predicted octanol–water partition coefficient (Wildman–Crippen LogP) is 5.24. The lowest BCUT2D eigenvalue weighted by molar-refractivity contribution is 0.440. The zero-order chi connectivity index (χ0) is 13.5. The first-order chi connectivity index (χ1) is 8.58. The van der Waals surface area contributed by atoms with Crippen molar-refractivity contribution in [3.8, 4) is 0 Å². The number of aromatic nitrogens is 2.